The van der Waals surface area contributed by atoms with Crippen LogP contribution in [0.3, 0.4) is 0 Å². The molecule has 2 saturated heterocycles. The molecular formula is C21H32N2O3. The van der Waals surface area contributed by atoms with Gasteiger partial charge in [0.05, 0.1) is 13.2 Å². The number of nitrogens with one attached hydrogen (secondary N) is 1. The number of benzene rings is 1. The molecule has 26 heavy (non-hydrogen) atoms. The van der Waals surface area contributed by atoms with Gasteiger partial charge in [-0.3, -0.25) is 9.69 Å². The normalized spacial score (nSPS) is 29.9. The highest BCUT2D eigenvalue weighted by Crippen LogP contribution is 2.46. The maximum Gasteiger partial charge on any atom is 0.323 e. The Bertz CT molecular complexity index is 613. The summed E-state index contributed by atoms with van der Waals surface area (Å²) in [5.41, 5.74) is 1.54. The molecule has 1 aromatic rings. The average molecular weight is 360 g/mol. The number of carbonyl (C=O) groups is 1. The molecular weight excluding hydrogens is 328 g/mol. The van der Waals surface area contributed by atoms with E-state index >= 15 is 0 Å². The molecule has 0 bridgehead atoms. The molecule has 2 aliphatic heterocycles. The smallest absolute Gasteiger partial charge is 0.323 e. The molecule has 0 amide bonds. The molecule has 0 aliphatic carbocycles. The third-order valence-corrected chi connectivity index (χ3v) is 6.33. The monoisotopic (exact) mass is 360 g/mol. The van der Waals surface area contributed by atoms with E-state index in [1.807, 2.05) is 0 Å². The van der Waals surface area contributed by atoms with Crippen LogP contribution in [0, 0.1) is 16.7 Å². The number of hydrogen-bond acceptors (Lipinski definition) is 5. The first-order chi connectivity index (χ1) is 12.3. The third-order valence-electron chi connectivity index (χ3n) is 6.33. The summed E-state index contributed by atoms with van der Waals surface area (Å²) in [4.78, 5) is 14.5. The topological polar surface area (TPSA) is 61.8 Å². The summed E-state index contributed by atoms with van der Waals surface area (Å²) in [6.45, 7) is 10.9. The molecule has 2 heterocycles. The van der Waals surface area contributed by atoms with Gasteiger partial charge in [0.1, 0.15) is 6.04 Å². The van der Waals surface area contributed by atoms with Gasteiger partial charge in [0, 0.05) is 31.0 Å². The number of nitrogens with zero attached hydrogens (tertiary/aromatic N) is 1. The SMILES string of the molecule is CC(C)(C)C1(CN[C@H]2C(=O)OC[C@H]2CO)CCN(Cc2ccccc2)C1. The number of cyclic esters (lactones) is 1. The molecule has 3 rings (SSSR count). The molecule has 0 saturated carbocycles. The van der Waals surface area contributed by atoms with Gasteiger partial charge in [-0.05, 0) is 23.9 Å². The molecule has 144 valence electrons. The van der Waals surface area contributed by atoms with E-state index in [9.17, 15) is 9.90 Å². The first kappa shape index (κ1) is 19.3. The van der Waals surface area contributed by atoms with Crippen molar-refractivity contribution in [3.63, 3.8) is 0 Å². The second-order valence-corrected chi connectivity index (χ2v) is 8.91. The summed E-state index contributed by atoms with van der Waals surface area (Å²) in [7, 11) is 0. The highest BCUT2D eigenvalue weighted by molar-refractivity contribution is 5.78. The van der Waals surface area contributed by atoms with Gasteiger partial charge in [0.25, 0.3) is 0 Å². The van der Waals surface area contributed by atoms with Gasteiger partial charge in [-0.2, -0.15) is 0 Å². The van der Waals surface area contributed by atoms with Crippen molar-refractivity contribution in [2.24, 2.45) is 16.7 Å². The van der Waals surface area contributed by atoms with Crippen LogP contribution in [0.2, 0.25) is 0 Å². The lowest BCUT2D eigenvalue weighted by atomic mass is 9.65. The molecule has 5 nitrogen and oxygen atoms in total. The van der Waals surface area contributed by atoms with Gasteiger partial charge in [0.2, 0.25) is 0 Å². The van der Waals surface area contributed by atoms with Crippen molar-refractivity contribution in [2.75, 3.05) is 32.8 Å². The number of likely N-dealkylation sites (tertiary alicyclic amines) is 1. The highest BCUT2D eigenvalue weighted by Gasteiger charge is 2.48. The Balaban J connectivity index is 1.67. The fourth-order valence-electron chi connectivity index (χ4n) is 4.24. The van der Waals surface area contributed by atoms with Crippen molar-refractivity contribution >= 4 is 5.97 Å². The van der Waals surface area contributed by atoms with Crippen molar-refractivity contribution in [1.29, 1.82) is 0 Å². The average Bonchev–Trinajstić information content (AvgIpc) is 3.18. The Morgan fingerprint density at radius 1 is 1.31 bits per heavy atom. The lowest BCUT2D eigenvalue weighted by Gasteiger charge is -2.43. The van der Waals surface area contributed by atoms with E-state index in [2.05, 4.69) is 61.3 Å². The summed E-state index contributed by atoms with van der Waals surface area (Å²) in [5.74, 6) is -0.367. The second-order valence-electron chi connectivity index (χ2n) is 8.91. The number of rotatable bonds is 6. The van der Waals surface area contributed by atoms with Gasteiger partial charge in [-0.15, -0.1) is 0 Å². The van der Waals surface area contributed by atoms with E-state index in [1.165, 1.54) is 5.56 Å². The quantitative estimate of drug-likeness (QED) is 0.761. The molecule has 1 aromatic carbocycles. The second kappa shape index (κ2) is 7.67. The maximum atomic E-state index is 12.0. The molecule has 3 atom stereocenters. The Kier molecular flexibility index (Phi) is 5.70. The summed E-state index contributed by atoms with van der Waals surface area (Å²) >= 11 is 0. The van der Waals surface area contributed by atoms with Crippen LogP contribution in [-0.4, -0.2) is 54.9 Å². The van der Waals surface area contributed by atoms with Crippen LogP contribution in [0.5, 0.6) is 0 Å². The molecule has 0 aromatic heterocycles. The van der Waals surface area contributed by atoms with Crippen molar-refractivity contribution in [3.05, 3.63) is 35.9 Å². The Morgan fingerprint density at radius 2 is 2.04 bits per heavy atom. The number of esters is 1. The van der Waals surface area contributed by atoms with E-state index in [0.29, 0.717) is 6.61 Å². The predicted octanol–water partition coefficient (Wildman–Crippen LogP) is 2.05. The van der Waals surface area contributed by atoms with Crippen molar-refractivity contribution < 1.29 is 14.6 Å². The number of ether oxygens (including phenoxy) is 1. The first-order valence-corrected chi connectivity index (χ1v) is 9.62. The van der Waals surface area contributed by atoms with Crippen molar-refractivity contribution in [2.45, 2.75) is 39.8 Å². The Morgan fingerprint density at radius 3 is 2.69 bits per heavy atom. The van der Waals surface area contributed by atoms with Gasteiger partial charge in [-0.25, -0.2) is 0 Å². The minimum Gasteiger partial charge on any atom is -0.464 e. The van der Waals surface area contributed by atoms with Gasteiger partial charge < -0.3 is 15.2 Å². The van der Waals surface area contributed by atoms with E-state index in [4.69, 9.17) is 4.74 Å². The fraction of sp³-hybridized carbons (Fsp3) is 0.667. The lowest BCUT2D eigenvalue weighted by Crippen LogP contribution is -2.51. The fourth-order valence-corrected chi connectivity index (χ4v) is 4.24. The molecule has 5 heteroatoms. The van der Waals surface area contributed by atoms with Crippen molar-refractivity contribution in [3.8, 4) is 0 Å². The number of hydrogen-bond donors (Lipinski definition) is 2. The van der Waals surface area contributed by atoms with Crippen LogP contribution in [-0.2, 0) is 16.1 Å². The molecule has 0 radical (unpaired) electrons. The van der Waals surface area contributed by atoms with Crippen molar-refractivity contribution in [1.82, 2.24) is 10.2 Å². The lowest BCUT2D eigenvalue weighted by molar-refractivity contribution is -0.139. The van der Waals surface area contributed by atoms with Gasteiger partial charge in [0.15, 0.2) is 0 Å². The maximum absolute atomic E-state index is 12.0. The summed E-state index contributed by atoms with van der Waals surface area (Å²) in [6.07, 6.45) is 1.10. The van der Waals surface area contributed by atoms with E-state index in [-0.39, 0.29) is 35.4 Å². The molecule has 1 unspecified atom stereocenters. The minimum absolute atomic E-state index is 0.0218. The van der Waals surface area contributed by atoms with Crippen LogP contribution < -0.4 is 5.32 Å². The number of carbonyl (C=O) groups excluding carboxylic acids is 1. The van der Waals surface area contributed by atoms with Crippen LogP contribution in [0.15, 0.2) is 30.3 Å². The molecule has 2 N–H and O–H groups in total. The minimum atomic E-state index is -0.387. The molecule has 0 spiro atoms. The zero-order chi connectivity index (χ0) is 18.8. The van der Waals surface area contributed by atoms with Crippen LogP contribution in [0.1, 0.15) is 32.8 Å². The summed E-state index contributed by atoms with van der Waals surface area (Å²) in [5, 5.41) is 12.9. The zero-order valence-corrected chi connectivity index (χ0v) is 16.2. The first-order valence-electron chi connectivity index (χ1n) is 9.62. The van der Waals surface area contributed by atoms with Gasteiger partial charge in [-0.1, -0.05) is 51.1 Å². The largest absolute Gasteiger partial charge is 0.464 e. The van der Waals surface area contributed by atoms with E-state index < -0.39 is 0 Å². The Hall–Kier alpha value is -1.43. The number of aliphatic hydroxyl groups excluding tert-OH is 1. The standard InChI is InChI=1S/C21H32N2O3/c1-20(2,3)21(14-22-18-17(12-24)13-26-19(18)25)9-10-23(15-21)11-16-7-5-4-6-8-16/h4-8,17-18,22,24H,9-15H2,1-3H3/t17-,18-,21?/m1/s1. The molecule has 2 aliphatic rings. The van der Waals surface area contributed by atoms with Crippen LogP contribution >= 0.6 is 0 Å². The molecule has 2 fully saturated rings. The Labute approximate surface area is 156 Å². The third kappa shape index (κ3) is 3.95. The number of aliphatic hydroxyl groups is 1. The van der Waals surface area contributed by atoms with E-state index in [1.54, 1.807) is 0 Å². The van der Waals surface area contributed by atoms with E-state index in [0.717, 1.165) is 32.6 Å². The summed E-state index contributed by atoms with van der Waals surface area (Å²) < 4.78 is 5.13. The highest BCUT2D eigenvalue weighted by atomic mass is 16.5. The summed E-state index contributed by atoms with van der Waals surface area (Å²) in [6, 6.07) is 10.2. The zero-order valence-electron chi connectivity index (χ0n) is 16.2. The van der Waals surface area contributed by atoms with Crippen LogP contribution in [0.4, 0.5) is 0 Å². The van der Waals surface area contributed by atoms with Gasteiger partial charge >= 0.3 is 5.97 Å². The predicted molar refractivity (Wildman–Crippen MR) is 102 cm³/mol. The van der Waals surface area contributed by atoms with Crippen LogP contribution in [0.25, 0.3) is 0 Å².